The highest BCUT2D eigenvalue weighted by molar-refractivity contribution is 7.80. The van der Waals surface area contributed by atoms with Crippen molar-refractivity contribution < 1.29 is 9.29 Å². The lowest BCUT2D eigenvalue weighted by atomic mass is 10.1. The Morgan fingerprint density at radius 2 is 1.87 bits per heavy atom. The predicted octanol–water partition coefficient (Wildman–Crippen LogP) is 2.31. The summed E-state index contributed by atoms with van der Waals surface area (Å²) in [5.74, 6) is -0.241. The molecular formula is C18H23FN3S+. The Balaban J connectivity index is 2.06. The van der Waals surface area contributed by atoms with E-state index in [2.05, 4.69) is 36.9 Å². The molecule has 0 heterocycles. The first kappa shape index (κ1) is 17.4. The first-order valence-corrected chi connectivity index (χ1v) is 8.04. The van der Waals surface area contributed by atoms with Crippen LogP contribution in [0.3, 0.4) is 0 Å². The van der Waals surface area contributed by atoms with Gasteiger partial charge in [-0.1, -0.05) is 36.4 Å². The Bertz CT molecular complexity index is 659. The van der Waals surface area contributed by atoms with Crippen molar-refractivity contribution in [1.82, 2.24) is 5.32 Å². The maximum absolute atomic E-state index is 13.6. The van der Waals surface area contributed by atoms with E-state index in [4.69, 9.17) is 12.2 Å². The van der Waals surface area contributed by atoms with Gasteiger partial charge in [0.15, 0.2) is 5.11 Å². The van der Waals surface area contributed by atoms with Crippen LogP contribution in [0.15, 0.2) is 48.5 Å². The second-order valence-electron chi connectivity index (χ2n) is 5.94. The Hall–Kier alpha value is -1.98. The van der Waals surface area contributed by atoms with Crippen LogP contribution in [0.25, 0.3) is 0 Å². The van der Waals surface area contributed by atoms with Crippen molar-refractivity contribution in [3.63, 3.8) is 0 Å². The molecule has 0 spiro atoms. The molecule has 0 aliphatic heterocycles. The maximum Gasteiger partial charge on any atom is 0.171 e. The first-order chi connectivity index (χ1) is 11.0. The Morgan fingerprint density at radius 1 is 1.17 bits per heavy atom. The molecule has 0 amide bonds. The van der Waals surface area contributed by atoms with Gasteiger partial charge in [0.2, 0.25) is 0 Å². The molecule has 0 radical (unpaired) electrons. The highest BCUT2D eigenvalue weighted by atomic mass is 32.1. The molecule has 0 saturated carbocycles. The SMILES string of the molecule is Cc1ccc(NC(=S)N[C@@H](C[NH+](C)C)c2ccccc2)cc1F. The summed E-state index contributed by atoms with van der Waals surface area (Å²) in [4.78, 5) is 1.32. The van der Waals surface area contributed by atoms with Crippen LogP contribution in [0.1, 0.15) is 17.2 Å². The highest BCUT2D eigenvalue weighted by Gasteiger charge is 2.16. The molecule has 122 valence electrons. The van der Waals surface area contributed by atoms with E-state index < -0.39 is 0 Å². The molecule has 0 saturated heterocycles. The Labute approximate surface area is 142 Å². The second-order valence-corrected chi connectivity index (χ2v) is 6.35. The van der Waals surface area contributed by atoms with E-state index >= 15 is 0 Å². The number of halogens is 1. The Morgan fingerprint density at radius 3 is 2.48 bits per heavy atom. The average molecular weight is 332 g/mol. The summed E-state index contributed by atoms with van der Waals surface area (Å²) in [6.45, 7) is 2.62. The van der Waals surface area contributed by atoms with Crippen LogP contribution in [0.5, 0.6) is 0 Å². The molecule has 3 N–H and O–H groups in total. The van der Waals surface area contributed by atoms with Gasteiger partial charge in [-0.25, -0.2) is 4.39 Å². The molecule has 1 atom stereocenters. The molecule has 0 aliphatic rings. The van der Waals surface area contributed by atoms with Crippen molar-refractivity contribution in [3.8, 4) is 0 Å². The third-order valence-corrected chi connectivity index (χ3v) is 3.77. The van der Waals surface area contributed by atoms with E-state index in [9.17, 15) is 4.39 Å². The standard InChI is InChI=1S/C18H22FN3S/c1-13-9-10-15(11-16(13)19)20-18(23)21-17(12-22(2)3)14-7-5-4-6-8-14/h4-11,17H,12H2,1-3H3,(H2,20,21,23)/p+1/t17-/m0/s1. The first-order valence-electron chi connectivity index (χ1n) is 7.63. The van der Waals surface area contributed by atoms with E-state index in [-0.39, 0.29) is 11.9 Å². The van der Waals surface area contributed by atoms with Crippen molar-refractivity contribution >= 4 is 23.0 Å². The van der Waals surface area contributed by atoms with Crippen LogP contribution in [0, 0.1) is 12.7 Å². The smallest absolute Gasteiger partial charge is 0.171 e. The topological polar surface area (TPSA) is 28.5 Å². The predicted molar refractivity (Wildman–Crippen MR) is 97.4 cm³/mol. The fourth-order valence-corrected chi connectivity index (χ4v) is 2.60. The minimum atomic E-state index is -0.241. The van der Waals surface area contributed by atoms with Crippen molar-refractivity contribution in [1.29, 1.82) is 0 Å². The van der Waals surface area contributed by atoms with Gasteiger partial charge >= 0.3 is 0 Å². The van der Waals surface area contributed by atoms with E-state index in [0.717, 1.165) is 6.54 Å². The number of aryl methyl sites for hydroxylation is 1. The molecule has 0 bridgehead atoms. The number of hydrogen-bond acceptors (Lipinski definition) is 1. The number of rotatable bonds is 5. The van der Waals surface area contributed by atoms with Crippen LogP contribution < -0.4 is 15.5 Å². The number of nitrogens with one attached hydrogen (secondary N) is 3. The molecule has 0 aliphatic carbocycles. The third-order valence-electron chi connectivity index (χ3n) is 3.55. The van der Waals surface area contributed by atoms with E-state index in [1.165, 1.54) is 16.5 Å². The van der Waals surface area contributed by atoms with Crippen molar-refractivity contribution in [3.05, 3.63) is 65.5 Å². The van der Waals surface area contributed by atoms with E-state index in [1.54, 1.807) is 13.0 Å². The number of anilines is 1. The van der Waals surface area contributed by atoms with Gasteiger partial charge in [0.05, 0.1) is 14.1 Å². The highest BCUT2D eigenvalue weighted by Crippen LogP contribution is 2.15. The van der Waals surface area contributed by atoms with Crippen molar-refractivity contribution in [2.24, 2.45) is 0 Å². The molecule has 2 aromatic carbocycles. The van der Waals surface area contributed by atoms with Gasteiger partial charge in [0.25, 0.3) is 0 Å². The summed E-state index contributed by atoms with van der Waals surface area (Å²) in [6, 6.07) is 15.3. The fraction of sp³-hybridized carbons (Fsp3) is 0.278. The van der Waals surface area contributed by atoms with Crippen LogP contribution in [-0.2, 0) is 0 Å². The van der Waals surface area contributed by atoms with Crippen LogP contribution in [0.4, 0.5) is 10.1 Å². The van der Waals surface area contributed by atoms with Gasteiger partial charge in [-0.3, -0.25) is 0 Å². The number of quaternary nitrogens is 1. The zero-order chi connectivity index (χ0) is 16.8. The molecule has 3 nitrogen and oxygen atoms in total. The van der Waals surface area contributed by atoms with E-state index in [1.807, 2.05) is 24.3 Å². The molecule has 2 rings (SSSR count). The average Bonchev–Trinajstić information content (AvgIpc) is 2.51. The van der Waals surface area contributed by atoms with Crippen LogP contribution in [0.2, 0.25) is 0 Å². The number of thiocarbonyl (C=S) groups is 1. The quantitative estimate of drug-likeness (QED) is 0.734. The Kier molecular flexibility index (Phi) is 6.07. The number of likely N-dealkylation sites (N-methyl/N-ethyl adjacent to an activating group) is 1. The normalized spacial score (nSPS) is 12.0. The van der Waals surface area contributed by atoms with Gasteiger partial charge in [0.1, 0.15) is 18.4 Å². The summed E-state index contributed by atoms with van der Waals surface area (Å²) in [5, 5.41) is 6.87. The zero-order valence-corrected chi connectivity index (χ0v) is 14.5. The summed E-state index contributed by atoms with van der Waals surface area (Å²) in [5.41, 5.74) is 2.44. The molecule has 23 heavy (non-hydrogen) atoms. The summed E-state index contributed by atoms with van der Waals surface area (Å²) >= 11 is 5.39. The van der Waals surface area contributed by atoms with E-state index in [0.29, 0.717) is 16.4 Å². The summed E-state index contributed by atoms with van der Waals surface area (Å²) in [6.07, 6.45) is 0. The summed E-state index contributed by atoms with van der Waals surface area (Å²) < 4.78 is 13.6. The van der Waals surface area contributed by atoms with Crippen molar-refractivity contribution in [2.45, 2.75) is 13.0 Å². The number of benzene rings is 2. The van der Waals surface area contributed by atoms with Gasteiger partial charge in [-0.2, -0.15) is 0 Å². The third kappa shape index (κ3) is 5.30. The van der Waals surface area contributed by atoms with Gasteiger partial charge in [-0.05, 0) is 42.4 Å². The lowest BCUT2D eigenvalue weighted by Gasteiger charge is -2.22. The molecule has 0 aromatic heterocycles. The maximum atomic E-state index is 13.6. The lowest BCUT2D eigenvalue weighted by molar-refractivity contribution is -0.860. The molecule has 0 fully saturated rings. The zero-order valence-electron chi connectivity index (χ0n) is 13.7. The van der Waals surface area contributed by atoms with Crippen molar-refractivity contribution in [2.75, 3.05) is 26.0 Å². The minimum Gasteiger partial charge on any atom is -0.350 e. The molecule has 0 unspecified atom stereocenters. The van der Waals surface area contributed by atoms with Gasteiger partial charge < -0.3 is 15.5 Å². The monoisotopic (exact) mass is 332 g/mol. The van der Waals surface area contributed by atoms with Gasteiger partial charge in [-0.15, -0.1) is 0 Å². The van der Waals surface area contributed by atoms with Gasteiger partial charge in [0, 0.05) is 5.69 Å². The number of hydrogen-bond donors (Lipinski definition) is 3. The fourth-order valence-electron chi connectivity index (χ4n) is 2.34. The largest absolute Gasteiger partial charge is 0.350 e. The lowest BCUT2D eigenvalue weighted by Crippen LogP contribution is -3.06. The minimum absolute atomic E-state index is 0.0940. The van der Waals surface area contributed by atoms with Crippen LogP contribution >= 0.6 is 12.2 Å². The molecule has 2 aromatic rings. The summed E-state index contributed by atoms with van der Waals surface area (Å²) in [7, 11) is 4.20. The molecule has 5 heteroatoms. The molecular weight excluding hydrogens is 309 g/mol. The van der Waals surface area contributed by atoms with Crippen LogP contribution in [-0.4, -0.2) is 25.8 Å². The second kappa shape index (κ2) is 8.04.